The van der Waals surface area contributed by atoms with Gasteiger partial charge in [0.25, 0.3) is 0 Å². The zero-order chi connectivity index (χ0) is 12.6. The molecular weight excluding hydrogens is 240 g/mol. The van der Waals surface area contributed by atoms with E-state index in [1.165, 1.54) is 0 Å². The Bertz CT molecular complexity index is 343. The molecule has 4 nitrogen and oxygen atoms in total. The van der Waals surface area contributed by atoms with Crippen LogP contribution in [0.15, 0.2) is 0 Å². The number of piperidine rings is 1. The van der Waals surface area contributed by atoms with Crippen LogP contribution < -0.4 is 5.32 Å². The van der Waals surface area contributed by atoms with Crippen molar-refractivity contribution in [3.05, 3.63) is 0 Å². The van der Waals surface area contributed by atoms with Gasteiger partial charge < -0.3 is 10.2 Å². The highest BCUT2D eigenvalue weighted by Gasteiger charge is 2.45. The zero-order valence-electron chi connectivity index (χ0n) is 10.3. The van der Waals surface area contributed by atoms with Crippen molar-refractivity contribution in [2.45, 2.75) is 32.7 Å². The van der Waals surface area contributed by atoms with Crippen LogP contribution in [0.2, 0.25) is 0 Å². The fourth-order valence-corrected chi connectivity index (χ4v) is 2.76. The molecule has 0 aromatic heterocycles. The lowest BCUT2D eigenvalue weighted by molar-refractivity contribution is -0.144. The maximum atomic E-state index is 12.4. The molecule has 2 amide bonds. The monoisotopic (exact) mass is 258 g/mol. The van der Waals surface area contributed by atoms with E-state index in [1.54, 1.807) is 0 Å². The minimum Gasteiger partial charge on any atom is -0.354 e. The average Bonchev–Trinajstić information content (AvgIpc) is 2.70. The second-order valence-corrected chi connectivity index (χ2v) is 5.84. The van der Waals surface area contributed by atoms with Gasteiger partial charge in [0.05, 0.1) is 17.4 Å². The van der Waals surface area contributed by atoms with E-state index in [9.17, 15) is 9.59 Å². The number of alkyl halides is 1. The number of nitrogens with zero attached hydrogens (tertiary/aromatic N) is 1. The van der Waals surface area contributed by atoms with Crippen molar-refractivity contribution in [1.29, 1.82) is 0 Å². The van der Waals surface area contributed by atoms with E-state index < -0.39 is 5.41 Å². The molecule has 0 aromatic carbocycles. The van der Waals surface area contributed by atoms with E-state index in [0.29, 0.717) is 12.4 Å². The Labute approximate surface area is 107 Å². The Morgan fingerprint density at radius 3 is 2.94 bits per heavy atom. The maximum absolute atomic E-state index is 12.4. The van der Waals surface area contributed by atoms with E-state index >= 15 is 0 Å². The van der Waals surface area contributed by atoms with Gasteiger partial charge in [0.2, 0.25) is 11.8 Å². The van der Waals surface area contributed by atoms with Gasteiger partial charge in [-0.1, -0.05) is 0 Å². The Morgan fingerprint density at radius 1 is 1.59 bits per heavy atom. The predicted molar refractivity (Wildman–Crippen MR) is 65.7 cm³/mol. The number of likely N-dealkylation sites (tertiary alicyclic amines) is 1. The van der Waals surface area contributed by atoms with Crippen molar-refractivity contribution < 1.29 is 9.59 Å². The molecule has 5 heteroatoms. The number of rotatable bonds is 2. The smallest absolute Gasteiger partial charge is 0.229 e. The third kappa shape index (κ3) is 2.15. The van der Waals surface area contributed by atoms with Crippen LogP contribution in [-0.2, 0) is 9.59 Å². The maximum Gasteiger partial charge on any atom is 0.229 e. The van der Waals surface area contributed by atoms with E-state index in [2.05, 4.69) is 5.32 Å². The van der Waals surface area contributed by atoms with Crippen LogP contribution in [0.1, 0.15) is 26.7 Å². The molecule has 2 aliphatic rings. The van der Waals surface area contributed by atoms with Crippen molar-refractivity contribution in [1.82, 2.24) is 10.2 Å². The normalized spacial score (nSPS) is 28.9. The van der Waals surface area contributed by atoms with Crippen LogP contribution in [0, 0.1) is 11.3 Å². The van der Waals surface area contributed by atoms with E-state index in [4.69, 9.17) is 11.6 Å². The first kappa shape index (κ1) is 12.7. The molecule has 2 fully saturated rings. The summed E-state index contributed by atoms with van der Waals surface area (Å²) in [6, 6.07) is 0.0336. The summed E-state index contributed by atoms with van der Waals surface area (Å²) in [5.41, 5.74) is -0.547. The number of fused-ring (bicyclic) bond motifs is 1. The molecule has 1 N–H and O–H groups in total. The van der Waals surface area contributed by atoms with Crippen molar-refractivity contribution in [3.63, 3.8) is 0 Å². The van der Waals surface area contributed by atoms with Crippen molar-refractivity contribution >= 4 is 23.4 Å². The van der Waals surface area contributed by atoms with E-state index in [1.807, 2.05) is 18.7 Å². The van der Waals surface area contributed by atoms with Gasteiger partial charge >= 0.3 is 0 Å². The highest BCUT2D eigenvalue weighted by Crippen LogP contribution is 2.31. The van der Waals surface area contributed by atoms with Crippen LogP contribution >= 0.6 is 11.6 Å². The number of hydrogen-bond acceptors (Lipinski definition) is 2. The molecule has 2 unspecified atom stereocenters. The van der Waals surface area contributed by atoms with Crippen LogP contribution in [0.4, 0.5) is 0 Å². The van der Waals surface area contributed by atoms with Gasteiger partial charge in [-0.2, -0.15) is 0 Å². The van der Waals surface area contributed by atoms with Gasteiger partial charge in [0.15, 0.2) is 0 Å². The summed E-state index contributed by atoms with van der Waals surface area (Å²) >= 11 is 5.85. The molecule has 0 bridgehead atoms. The first-order valence-corrected chi connectivity index (χ1v) is 6.65. The molecule has 2 saturated heterocycles. The molecule has 2 atom stereocenters. The van der Waals surface area contributed by atoms with Gasteiger partial charge in [-0.3, -0.25) is 9.59 Å². The lowest BCUT2D eigenvalue weighted by Gasteiger charge is -2.39. The number of carbonyl (C=O) groups is 2. The molecule has 0 radical (unpaired) electrons. The van der Waals surface area contributed by atoms with Gasteiger partial charge in [0.1, 0.15) is 0 Å². The van der Waals surface area contributed by atoms with Crippen molar-refractivity contribution in [2.24, 2.45) is 11.3 Å². The highest BCUT2D eigenvalue weighted by atomic mass is 35.5. The molecule has 0 spiro atoms. The fourth-order valence-electron chi connectivity index (χ4n) is 2.65. The topological polar surface area (TPSA) is 49.4 Å². The van der Waals surface area contributed by atoms with Crippen LogP contribution in [-0.4, -0.2) is 41.7 Å². The molecule has 0 aromatic rings. The largest absolute Gasteiger partial charge is 0.354 e. The highest BCUT2D eigenvalue weighted by molar-refractivity contribution is 6.19. The van der Waals surface area contributed by atoms with Gasteiger partial charge in [-0.15, -0.1) is 11.6 Å². The molecule has 0 aliphatic carbocycles. The van der Waals surface area contributed by atoms with E-state index in [-0.39, 0.29) is 23.8 Å². The summed E-state index contributed by atoms with van der Waals surface area (Å²) in [6.07, 6.45) is 1.79. The number of nitrogens with one attached hydrogen (secondary N) is 1. The number of halogens is 1. The number of amides is 2. The quantitative estimate of drug-likeness (QED) is 0.751. The average molecular weight is 259 g/mol. The first-order valence-electron chi connectivity index (χ1n) is 6.12. The fraction of sp³-hybridized carbons (Fsp3) is 0.833. The molecule has 96 valence electrons. The first-order chi connectivity index (χ1) is 7.97. The van der Waals surface area contributed by atoms with Gasteiger partial charge in [-0.05, 0) is 26.7 Å². The minimum absolute atomic E-state index is 0.0150. The van der Waals surface area contributed by atoms with Crippen LogP contribution in [0.3, 0.4) is 0 Å². The summed E-state index contributed by atoms with van der Waals surface area (Å²) in [6.45, 7) is 5.05. The predicted octanol–water partition coefficient (Wildman–Crippen LogP) is 0.988. The summed E-state index contributed by atoms with van der Waals surface area (Å²) in [5.74, 6) is 0.454. The van der Waals surface area contributed by atoms with Gasteiger partial charge in [0, 0.05) is 19.0 Å². The number of hydrogen-bond donors (Lipinski definition) is 1. The summed E-state index contributed by atoms with van der Waals surface area (Å²) in [5, 5.41) is 2.85. The Hall–Kier alpha value is -0.770. The second-order valence-electron chi connectivity index (χ2n) is 5.58. The molecule has 0 saturated carbocycles. The van der Waals surface area contributed by atoms with E-state index in [0.717, 1.165) is 19.4 Å². The molecule has 2 rings (SSSR count). The summed E-state index contributed by atoms with van der Waals surface area (Å²) in [7, 11) is 0. The molecule has 2 heterocycles. The third-order valence-electron chi connectivity index (χ3n) is 3.78. The standard InChI is InChI=1S/C12H19ClN2O2/c1-12(2,7-13)11(17)15-5-3-4-8-9(15)6-14-10(8)16/h8-9H,3-7H2,1-2H3,(H,14,16). The van der Waals surface area contributed by atoms with Gasteiger partial charge in [-0.25, -0.2) is 0 Å². The SMILES string of the molecule is CC(C)(CCl)C(=O)N1CCCC2C(=O)NCC21. The molecular formula is C12H19ClN2O2. The second kappa shape index (κ2) is 4.48. The number of carbonyl (C=O) groups excluding carboxylic acids is 2. The third-order valence-corrected chi connectivity index (χ3v) is 4.44. The lowest BCUT2D eigenvalue weighted by atomic mass is 9.87. The van der Waals surface area contributed by atoms with Crippen molar-refractivity contribution in [2.75, 3.05) is 19.0 Å². The Kier molecular flexibility index (Phi) is 3.34. The minimum atomic E-state index is -0.547. The lowest BCUT2D eigenvalue weighted by Crippen LogP contribution is -2.53. The zero-order valence-corrected chi connectivity index (χ0v) is 11.1. The summed E-state index contributed by atoms with van der Waals surface area (Å²) in [4.78, 5) is 25.9. The molecule has 2 aliphatic heterocycles. The summed E-state index contributed by atoms with van der Waals surface area (Å²) < 4.78 is 0. The molecule has 17 heavy (non-hydrogen) atoms. The van der Waals surface area contributed by atoms with Crippen LogP contribution in [0.5, 0.6) is 0 Å². The Balaban J connectivity index is 2.16. The Morgan fingerprint density at radius 2 is 2.29 bits per heavy atom. The van der Waals surface area contributed by atoms with Crippen molar-refractivity contribution in [3.8, 4) is 0 Å². The van der Waals surface area contributed by atoms with Crippen LogP contribution in [0.25, 0.3) is 0 Å².